The second kappa shape index (κ2) is 7.36. The maximum absolute atomic E-state index is 13.9. The average Bonchev–Trinajstić information content (AvgIpc) is 3.02. The first-order valence-corrected chi connectivity index (χ1v) is 8.99. The summed E-state index contributed by atoms with van der Waals surface area (Å²) in [4.78, 5) is 16.6. The molecule has 0 saturated heterocycles. The van der Waals surface area contributed by atoms with Crippen molar-refractivity contribution in [1.82, 2.24) is 14.8 Å². The molecule has 1 aromatic carbocycles. The third kappa shape index (κ3) is 3.37. The van der Waals surface area contributed by atoms with Crippen LogP contribution in [0.15, 0.2) is 30.5 Å². The highest BCUT2D eigenvalue weighted by molar-refractivity contribution is 5.96. The van der Waals surface area contributed by atoms with Gasteiger partial charge in [0.2, 0.25) is 0 Å². The van der Waals surface area contributed by atoms with E-state index in [0.29, 0.717) is 22.4 Å². The van der Waals surface area contributed by atoms with Gasteiger partial charge < -0.3 is 20.5 Å². The second-order valence-electron chi connectivity index (χ2n) is 6.69. The number of nitrogen functional groups attached to an aromatic ring is 1. The Kier molecular flexibility index (Phi) is 4.71. The molecule has 0 saturated carbocycles. The Hall–Kier alpha value is -4.13. The van der Waals surface area contributed by atoms with Crippen LogP contribution in [-0.4, -0.2) is 27.3 Å². The topological polar surface area (TPSA) is 128 Å². The number of aromatic nitrogens is 3. The van der Waals surface area contributed by atoms with Gasteiger partial charge in [0.25, 0.3) is 5.91 Å². The minimum atomic E-state index is -0.664. The monoisotopic (exact) mass is 408 g/mol. The number of rotatable bonds is 0. The number of hydrogen-bond donors (Lipinski definition) is 2. The molecule has 1 aliphatic heterocycles. The minimum absolute atomic E-state index is 0.118. The molecule has 10 heteroatoms. The smallest absolute Gasteiger partial charge is 0.263 e. The molecule has 152 valence electrons. The lowest BCUT2D eigenvalue weighted by atomic mass is 10.1. The fourth-order valence-corrected chi connectivity index (χ4v) is 3.23. The molecule has 3 aromatic rings. The van der Waals surface area contributed by atoms with Gasteiger partial charge in [0.15, 0.2) is 24.0 Å². The van der Waals surface area contributed by atoms with Crippen LogP contribution in [0.5, 0.6) is 11.5 Å². The zero-order valence-electron chi connectivity index (χ0n) is 16.1. The number of hydrogen-bond acceptors (Lipinski definition) is 7. The van der Waals surface area contributed by atoms with E-state index in [1.165, 1.54) is 29.1 Å². The number of nitrogens with two attached hydrogens (primary N) is 1. The van der Waals surface area contributed by atoms with E-state index in [9.17, 15) is 14.4 Å². The number of fused-ring (bicyclic) bond motifs is 5. The minimum Gasteiger partial charge on any atom is -0.483 e. The molecule has 30 heavy (non-hydrogen) atoms. The van der Waals surface area contributed by atoms with Gasteiger partial charge in [0.05, 0.1) is 5.56 Å². The van der Waals surface area contributed by atoms with Crippen molar-refractivity contribution in [2.45, 2.75) is 13.0 Å². The summed E-state index contributed by atoms with van der Waals surface area (Å²) >= 11 is 0. The number of ether oxygens (including phenoxy) is 2. The van der Waals surface area contributed by atoms with Gasteiger partial charge in [0, 0.05) is 24.4 Å². The van der Waals surface area contributed by atoms with Crippen molar-refractivity contribution in [2.24, 2.45) is 7.05 Å². The molecule has 4 rings (SSSR count). The van der Waals surface area contributed by atoms with Crippen LogP contribution in [0.3, 0.4) is 0 Å². The van der Waals surface area contributed by atoms with Gasteiger partial charge in [-0.3, -0.25) is 9.48 Å². The summed E-state index contributed by atoms with van der Waals surface area (Å²) in [6.07, 6.45) is 0.798. The van der Waals surface area contributed by atoms with Crippen LogP contribution in [-0.2, 0) is 11.8 Å². The number of pyridine rings is 1. The van der Waals surface area contributed by atoms with Gasteiger partial charge in [-0.25, -0.2) is 9.37 Å². The van der Waals surface area contributed by atoms with Crippen LogP contribution in [0, 0.1) is 17.1 Å². The fourth-order valence-electron chi connectivity index (χ4n) is 3.23. The first-order chi connectivity index (χ1) is 14.4. The van der Waals surface area contributed by atoms with Crippen molar-refractivity contribution in [3.8, 4) is 28.7 Å². The van der Waals surface area contributed by atoms with E-state index in [2.05, 4.69) is 21.5 Å². The summed E-state index contributed by atoms with van der Waals surface area (Å²) in [5, 5.41) is 16.5. The number of nitriles is 1. The Morgan fingerprint density at radius 3 is 2.93 bits per heavy atom. The third-order valence-electron chi connectivity index (χ3n) is 4.65. The lowest BCUT2D eigenvalue weighted by Crippen LogP contribution is -2.21. The highest BCUT2D eigenvalue weighted by Crippen LogP contribution is 2.37. The maximum atomic E-state index is 13.9. The number of anilines is 2. The number of benzene rings is 1. The SMILES string of the molecule is C[C@@H]1Oc2cc(cnc2N)-c2c(nn(C)c2C#N)NC(=O)COc2ccc(F)cc21. The normalized spacial score (nSPS) is 15.7. The predicted molar refractivity (Wildman–Crippen MR) is 105 cm³/mol. The number of halogens is 1. The highest BCUT2D eigenvalue weighted by Gasteiger charge is 2.24. The molecule has 2 aromatic heterocycles. The second-order valence-corrected chi connectivity index (χ2v) is 6.69. The predicted octanol–water partition coefficient (Wildman–Crippen LogP) is 2.55. The first-order valence-electron chi connectivity index (χ1n) is 8.99. The molecule has 1 aliphatic rings. The number of carbonyl (C=O) groups excluding carboxylic acids is 1. The molecule has 0 aliphatic carbocycles. The lowest BCUT2D eigenvalue weighted by Gasteiger charge is -2.19. The molecule has 0 spiro atoms. The summed E-state index contributed by atoms with van der Waals surface area (Å²) < 4.78 is 26.8. The maximum Gasteiger partial charge on any atom is 0.263 e. The third-order valence-corrected chi connectivity index (χ3v) is 4.65. The van der Waals surface area contributed by atoms with Crippen molar-refractivity contribution in [3.05, 3.63) is 47.5 Å². The van der Waals surface area contributed by atoms with Gasteiger partial charge >= 0.3 is 0 Å². The van der Waals surface area contributed by atoms with E-state index < -0.39 is 17.8 Å². The zero-order chi connectivity index (χ0) is 21.4. The van der Waals surface area contributed by atoms with Crippen LogP contribution >= 0.6 is 0 Å². The molecule has 0 unspecified atom stereocenters. The molecular weight excluding hydrogens is 391 g/mol. The van der Waals surface area contributed by atoms with E-state index in [-0.39, 0.29) is 29.7 Å². The van der Waals surface area contributed by atoms with Gasteiger partial charge in [0.1, 0.15) is 29.4 Å². The highest BCUT2D eigenvalue weighted by atomic mass is 19.1. The van der Waals surface area contributed by atoms with E-state index in [1.54, 1.807) is 20.0 Å². The van der Waals surface area contributed by atoms with Crippen molar-refractivity contribution in [2.75, 3.05) is 17.7 Å². The zero-order valence-corrected chi connectivity index (χ0v) is 16.1. The van der Waals surface area contributed by atoms with Crippen LogP contribution in [0.25, 0.3) is 11.1 Å². The number of aryl methyl sites for hydroxylation is 1. The average molecular weight is 408 g/mol. The molecule has 0 fully saturated rings. The van der Waals surface area contributed by atoms with Crippen molar-refractivity contribution < 1.29 is 18.7 Å². The standard InChI is InChI=1S/C20H17FN6O3/c1-10-13-6-12(21)3-4-15(13)29-9-17(28)25-20-18(14(7-22)27(2)26-20)11-5-16(30-10)19(23)24-8-11/h3-6,8,10H,9H2,1-2H3,(H2,23,24)(H,25,26,28)/t10-/m0/s1. The van der Waals surface area contributed by atoms with Crippen LogP contribution in [0.4, 0.5) is 16.0 Å². The first kappa shape index (κ1) is 19.2. The molecule has 3 N–H and O–H groups in total. The van der Waals surface area contributed by atoms with Crippen LogP contribution in [0.1, 0.15) is 24.3 Å². The Morgan fingerprint density at radius 1 is 1.37 bits per heavy atom. The Morgan fingerprint density at radius 2 is 2.17 bits per heavy atom. The Balaban J connectivity index is 1.90. The van der Waals surface area contributed by atoms with Gasteiger partial charge in [-0.2, -0.15) is 10.4 Å². The van der Waals surface area contributed by atoms with Gasteiger partial charge in [-0.15, -0.1) is 0 Å². The molecule has 0 radical (unpaired) electrons. The van der Waals surface area contributed by atoms with Crippen LogP contribution in [0.2, 0.25) is 0 Å². The number of carbonyl (C=O) groups is 1. The van der Waals surface area contributed by atoms with Crippen molar-refractivity contribution >= 4 is 17.5 Å². The summed E-state index contributed by atoms with van der Waals surface area (Å²) in [6, 6.07) is 7.60. The number of nitrogens with one attached hydrogen (secondary N) is 1. The molecule has 3 heterocycles. The number of nitrogens with zero attached hydrogens (tertiary/aromatic N) is 4. The van der Waals surface area contributed by atoms with Crippen molar-refractivity contribution in [1.29, 1.82) is 5.26 Å². The van der Waals surface area contributed by atoms with E-state index in [1.807, 2.05) is 0 Å². The molecule has 1 atom stereocenters. The van der Waals surface area contributed by atoms with E-state index in [0.717, 1.165) is 0 Å². The largest absolute Gasteiger partial charge is 0.483 e. The lowest BCUT2D eigenvalue weighted by molar-refractivity contribution is -0.118. The molecule has 2 bridgehead atoms. The van der Waals surface area contributed by atoms with E-state index >= 15 is 0 Å². The summed E-state index contributed by atoms with van der Waals surface area (Å²) in [7, 11) is 1.59. The van der Waals surface area contributed by atoms with Crippen LogP contribution < -0.4 is 20.5 Å². The quantitative estimate of drug-likeness (QED) is 0.585. The summed E-state index contributed by atoms with van der Waals surface area (Å²) in [6.45, 7) is 1.35. The fraction of sp³-hybridized carbons (Fsp3) is 0.200. The van der Waals surface area contributed by atoms with E-state index in [4.69, 9.17) is 15.2 Å². The molecule has 9 nitrogen and oxygen atoms in total. The Bertz CT molecular complexity index is 1200. The Labute approximate surface area is 170 Å². The van der Waals surface area contributed by atoms with Crippen molar-refractivity contribution in [3.63, 3.8) is 0 Å². The number of amides is 1. The summed E-state index contributed by atoms with van der Waals surface area (Å²) in [5.74, 6) is -0.152. The molecular formula is C20H17FN6O3. The van der Waals surface area contributed by atoms with Gasteiger partial charge in [-0.1, -0.05) is 0 Å². The van der Waals surface area contributed by atoms with Gasteiger partial charge in [-0.05, 0) is 31.2 Å². The molecule has 1 amide bonds. The summed E-state index contributed by atoms with van der Waals surface area (Å²) in [5.41, 5.74) is 7.46.